The number of anilines is 3. The number of aliphatic hydroxyl groups is 1. The predicted molar refractivity (Wildman–Crippen MR) is 418 cm³/mol. The maximum Gasteiger partial charge on any atom is 1.00 e. The van der Waals surface area contributed by atoms with Gasteiger partial charge in [-0.05, 0) is 147 Å². The van der Waals surface area contributed by atoms with E-state index in [9.17, 15) is 19.2 Å². The minimum atomic E-state index is -1.11. The summed E-state index contributed by atoms with van der Waals surface area (Å²) in [5, 5.41) is 38.5. The van der Waals surface area contributed by atoms with E-state index in [1.807, 2.05) is 84.0 Å². The Kier molecular flexibility index (Phi) is 33.4. The maximum absolute atomic E-state index is 12.7. The number of fused-ring (bicyclic) bond motifs is 3. The topological polar surface area (TPSA) is 257 Å². The van der Waals surface area contributed by atoms with Crippen molar-refractivity contribution in [3.05, 3.63) is 213 Å². The first-order chi connectivity index (χ1) is 49.3. The number of aliphatic hydroxyl groups excluding tert-OH is 1. The van der Waals surface area contributed by atoms with E-state index in [-0.39, 0.29) is 104 Å². The van der Waals surface area contributed by atoms with Crippen LogP contribution < -0.4 is 44.3 Å². The number of nitrogens with one attached hydrogen (secondary N) is 1. The van der Waals surface area contributed by atoms with E-state index in [4.69, 9.17) is 138 Å². The number of halogens is 11. The molecular formula is C69H67BCl11N17NaO6. The number of aromatic amines is 1. The van der Waals surface area contributed by atoms with Gasteiger partial charge in [0.05, 0.1) is 30.8 Å². The molecule has 3 aliphatic heterocycles. The third-order valence-corrected chi connectivity index (χ3v) is 19.5. The average Bonchev–Trinajstić information content (AvgIpc) is 1.69. The van der Waals surface area contributed by atoms with Gasteiger partial charge in [0.15, 0.2) is 11.3 Å². The van der Waals surface area contributed by atoms with Crippen LogP contribution in [0, 0.1) is 20.8 Å². The van der Waals surface area contributed by atoms with E-state index in [1.54, 1.807) is 64.4 Å². The molecule has 0 aliphatic carbocycles. The summed E-state index contributed by atoms with van der Waals surface area (Å²) < 4.78 is 3.24. The number of aromatic nitrogens is 11. The smallest absolute Gasteiger partial charge is 1.00 e. The third kappa shape index (κ3) is 24.4. The largest absolute Gasteiger partial charge is 1.00 e. The van der Waals surface area contributed by atoms with Crippen LogP contribution in [0.15, 0.2) is 134 Å². The van der Waals surface area contributed by atoms with Crippen LogP contribution in [-0.4, -0.2) is 196 Å². The van der Waals surface area contributed by atoms with Gasteiger partial charge in [0.25, 0.3) is 0 Å². The number of hydrogen-bond donors (Lipinski definition) is 3. The van der Waals surface area contributed by atoms with Gasteiger partial charge in [-0.3, -0.25) is 24.2 Å². The molecule has 0 atom stereocenters. The second-order valence-corrected chi connectivity index (χ2v) is 27.4. The molecule has 3 saturated heterocycles. The molecule has 3 radical (unpaired) electrons. The van der Waals surface area contributed by atoms with Crippen molar-refractivity contribution < 1.29 is 60.4 Å². The number of carbonyl (C=O) groups excluding carboxylic acids is 3. The summed E-state index contributed by atoms with van der Waals surface area (Å²) >= 11 is 63.2. The van der Waals surface area contributed by atoms with Crippen LogP contribution in [0.2, 0.25) is 51.1 Å². The molecule has 545 valence electrons. The number of aryl methyl sites for hydroxylation is 3. The molecule has 14 rings (SSSR count). The summed E-state index contributed by atoms with van der Waals surface area (Å²) in [4.78, 5) is 79.3. The summed E-state index contributed by atoms with van der Waals surface area (Å²) in [6, 6.07) is 34.7. The Morgan fingerprint density at radius 3 is 1.40 bits per heavy atom. The number of piperazine rings is 3. The van der Waals surface area contributed by atoms with Crippen molar-refractivity contribution in [3.8, 4) is 0 Å². The second-order valence-electron chi connectivity index (χ2n) is 23.2. The Balaban J connectivity index is 0.000000208. The normalized spacial score (nSPS) is 13.3. The molecule has 0 spiro atoms. The Bertz CT molecular complexity index is 4790. The summed E-state index contributed by atoms with van der Waals surface area (Å²) in [5.74, 6) is -0.933. The van der Waals surface area contributed by atoms with E-state index in [0.29, 0.717) is 63.5 Å². The van der Waals surface area contributed by atoms with Crippen molar-refractivity contribution in [2.24, 2.45) is 0 Å². The molecule has 0 unspecified atom stereocenters. The van der Waals surface area contributed by atoms with Gasteiger partial charge in [0.1, 0.15) is 66.1 Å². The summed E-state index contributed by atoms with van der Waals surface area (Å²) in [6.07, 6.45) is 5.16. The number of pyridine rings is 5. The molecule has 11 heterocycles. The molecule has 11 aromatic rings. The van der Waals surface area contributed by atoms with Gasteiger partial charge in [-0.1, -0.05) is 122 Å². The number of hydrogen-bond acceptors (Lipinski definition) is 16. The van der Waals surface area contributed by atoms with E-state index < -0.39 is 5.97 Å². The van der Waals surface area contributed by atoms with Gasteiger partial charge in [-0.15, -0.1) is 11.6 Å². The van der Waals surface area contributed by atoms with E-state index >= 15 is 0 Å². The fourth-order valence-electron chi connectivity index (χ4n) is 10.7. The number of H-pyrrole nitrogens is 1. The zero-order valence-corrected chi connectivity index (χ0v) is 67.2. The van der Waals surface area contributed by atoms with Crippen molar-refractivity contribution in [3.63, 3.8) is 0 Å². The van der Waals surface area contributed by atoms with Crippen molar-refractivity contribution in [2.75, 3.05) is 99.1 Å². The number of amides is 3. The molecule has 3 fully saturated rings. The van der Waals surface area contributed by atoms with E-state index in [1.165, 1.54) is 12.1 Å². The molecule has 105 heavy (non-hydrogen) atoms. The van der Waals surface area contributed by atoms with Crippen LogP contribution in [0.1, 0.15) is 34.0 Å². The number of nitrogens with zero attached hydrogens (tertiary/aromatic N) is 16. The van der Waals surface area contributed by atoms with Gasteiger partial charge < -0.3 is 41.0 Å². The van der Waals surface area contributed by atoms with Crippen LogP contribution in [0.25, 0.3) is 33.1 Å². The minimum absolute atomic E-state index is 0. The summed E-state index contributed by atoms with van der Waals surface area (Å²) in [7, 11) is 0. The van der Waals surface area contributed by atoms with Crippen LogP contribution in [0.4, 0.5) is 17.1 Å². The van der Waals surface area contributed by atoms with Crippen molar-refractivity contribution in [1.29, 1.82) is 0 Å². The summed E-state index contributed by atoms with van der Waals surface area (Å²) in [5.41, 5.74) is 9.97. The first kappa shape index (κ1) is 85.6. The molecule has 3 aromatic carbocycles. The zero-order chi connectivity index (χ0) is 74.0. The van der Waals surface area contributed by atoms with Gasteiger partial charge in [-0.2, -0.15) is 15.3 Å². The van der Waals surface area contributed by atoms with Crippen LogP contribution >= 0.6 is 128 Å². The van der Waals surface area contributed by atoms with E-state index in [2.05, 4.69) is 78.2 Å². The standard InChI is InChI=1S/2C19H19Cl2N5O.C13H16Cl2N2O.C6H3Cl2NO2.C6H5Cl2NO.C6H4ClN3.B.Na.H/c1-13-10-15(3-4-16(13)20)24-6-8-25(9-7-24)18(27)12-26-19-14(11-22-26)2-5-17(21)23-19;1-13-10-14(2-3-15(13)20)24-6-8-25(9-7-24)19(27)12-26-11-17-16(23-26)4-5-18(21)22-17;1-10-8-11(2-3-12(10)15)16-4-6-17(7-5-16)13(18)9-14;7-4-2-1-3(6(10)11)5(8)9-4;7-5-2-1-4(3-10)6(8)9-5;7-5-2-1-4-3-8-10-6(4)9-5;;;/h2*2-5,10-11H,6-9,12H2,1H3;2-3,8H,4-7,9H2,1H3;1-2H,(H,10,11);1-2,10H,3H2;1-3H,(H,8,9,10);;;/q;;;;;;;+1;-1. The van der Waals surface area contributed by atoms with Gasteiger partial charge in [-0.25, -0.2) is 34.4 Å². The first-order valence-corrected chi connectivity index (χ1v) is 36.0. The number of carbonyl (C=O) groups is 4. The Morgan fingerprint density at radius 2 is 0.924 bits per heavy atom. The molecule has 36 heteroatoms. The second kappa shape index (κ2) is 41.0. The van der Waals surface area contributed by atoms with E-state index in [0.717, 1.165) is 123 Å². The van der Waals surface area contributed by atoms with Gasteiger partial charge in [0.2, 0.25) is 17.7 Å². The Hall–Kier alpha value is -6.69. The Morgan fingerprint density at radius 1 is 0.486 bits per heavy atom. The molecule has 0 bridgehead atoms. The van der Waals surface area contributed by atoms with Gasteiger partial charge >= 0.3 is 35.5 Å². The fraction of sp³-hybridized carbons (Fsp3) is 0.275. The average molecular weight is 1650 g/mol. The maximum atomic E-state index is 12.7. The van der Waals surface area contributed by atoms with Gasteiger partial charge in [0, 0.05) is 135 Å². The number of rotatable bonds is 10. The molecule has 3 N–H and O–H groups in total. The minimum Gasteiger partial charge on any atom is -1.00 e. The molecule has 3 aliphatic rings. The van der Waals surface area contributed by atoms with Crippen molar-refractivity contribution >= 4 is 210 Å². The number of alkyl halides is 1. The number of benzene rings is 3. The van der Waals surface area contributed by atoms with Crippen molar-refractivity contribution in [1.82, 2.24) is 69.4 Å². The van der Waals surface area contributed by atoms with Crippen molar-refractivity contribution in [2.45, 2.75) is 40.5 Å². The first-order valence-electron chi connectivity index (χ1n) is 31.7. The number of carboxylic acid groups (broad SMARTS) is 1. The number of carboxylic acids is 1. The number of aromatic carboxylic acids is 1. The molecule has 23 nitrogen and oxygen atoms in total. The molecule has 3 amide bonds. The SMILES string of the molecule is Cc1cc(N2CCN(C(=O)CCl)CC2)ccc1Cl.Cc1cc(N2CCN(C(=O)Cn3cc4nc(Cl)ccc4n3)CC2)ccc1Cl.Cc1cc(N2CCN(C(=O)Cn3ncc4ccc(Cl)nc43)CC2)ccc1Cl.Clc1ccc2cn[nH]c2n1.O=C(O)c1ccc(Cl)nc1Cl.OCc1ccc(Cl)nc1Cl.[B].[H-].[Na+]. The fourth-order valence-corrected chi connectivity index (χ4v) is 12.5. The molecule has 8 aromatic heterocycles. The summed E-state index contributed by atoms with van der Waals surface area (Å²) in [6.45, 7) is 15.3. The predicted octanol–water partition coefficient (Wildman–Crippen LogP) is 11.6. The monoisotopic (exact) mass is 1650 g/mol. The molecule has 0 saturated carbocycles. The quantitative estimate of drug-likeness (QED) is 0.0653. The van der Waals surface area contributed by atoms with Crippen LogP contribution in [-0.2, 0) is 34.1 Å². The molecular weight excluding hydrogens is 1590 g/mol. The Labute approximate surface area is 685 Å². The third-order valence-electron chi connectivity index (χ3n) is 16.3. The van der Waals surface area contributed by atoms with Crippen LogP contribution in [0.3, 0.4) is 0 Å². The van der Waals surface area contributed by atoms with Crippen LogP contribution in [0.5, 0.6) is 0 Å². The zero-order valence-electron chi connectivity index (χ0n) is 57.9.